The van der Waals surface area contributed by atoms with Gasteiger partial charge in [0.15, 0.2) is 0 Å². The number of carbonyl (C=O) groups is 1. The number of hydrogen-bond donors (Lipinski definition) is 2. The van der Waals surface area contributed by atoms with E-state index in [0.717, 1.165) is 41.6 Å². The molecule has 0 unspecified atom stereocenters. The fraction of sp³-hybridized carbons (Fsp3) is 0.458. The third kappa shape index (κ3) is 3.38. The molecule has 0 saturated carbocycles. The Morgan fingerprint density at radius 2 is 1.93 bits per heavy atom. The summed E-state index contributed by atoms with van der Waals surface area (Å²) in [6.45, 7) is 2.01. The summed E-state index contributed by atoms with van der Waals surface area (Å²) in [5.41, 5.74) is 3.76. The van der Waals surface area contributed by atoms with E-state index in [9.17, 15) is 14.3 Å². The predicted octanol–water partition coefficient (Wildman–Crippen LogP) is 3.60. The number of benzene rings is 2. The smallest absolute Gasteiger partial charge is 0.226 e. The van der Waals surface area contributed by atoms with Gasteiger partial charge in [0.25, 0.3) is 0 Å². The van der Waals surface area contributed by atoms with Crippen molar-refractivity contribution in [2.75, 3.05) is 31.7 Å². The minimum absolute atomic E-state index is 0.00909. The second-order valence-electron chi connectivity index (χ2n) is 8.56. The van der Waals surface area contributed by atoms with Crippen molar-refractivity contribution in [3.05, 3.63) is 53.8 Å². The molecule has 5 nitrogen and oxygen atoms in total. The number of hydrogen-bond acceptors (Lipinski definition) is 4. The van der Waals surface area contributed by atoms with Crippen LogP contribution < -0.4 is 5.32 Å². The number of nitrogens with one attached hydrogen (secondary N) is 1. The van der Waals surface area contributed by atoms with Gasteiger partial charge < -0.3 is 20.1 Å². The molecule has 1 amide bonds. The molecular formula is C24H27FN2O3. The zero-order chi connectivity index (χ0) is 20.7. The van der Waals surface area contributed by atoms with Crippen molar-refractivity contribution in [2.24, 2.45) is 11.8 Å². The Hall–Kier alpha value is -2.44. The lowest BCUT2D eigenvalue weighted by molar-refractivity contribution is -0.140. The number of ether oxygens (including phenoxy) is 1. The normalized spacial score (nSPS) is 26.1. The number of aliphatic hydroxyl groups excluding tert-OH is 1. The number of halogens is 1. The number of nitrogens with zero attached hydrogens (tertiary/aromatic N) is 1. The maximum absolute atomic E-state index is 13.8. The molecule has 2 N–H and O–H groups in total. The van der Waals surface area contributed by atoms with Crippen LogP contribution in [0.1, 0.15) is 30.9 Å². The third-order valence-electron chi connectivity index (χ3n) is 6.88. The van der Waals surface area contributed by atoms with Gasteiger partial charge in [0.2, 0.25) is 5.91 Å². The Balaban J connectivity index is 1.53. The molecule has 0 aliphatic carbocycles. The first-order valence-electron chi connectivity index (χ1n) is 10.8. The molecule has 158 valence electrons. The van der Waals surface area contributed by atoms with E-state index in [2.05, 4.69) is 11.4 Å². The molecule has 0 radical (unpaired) electrons. The van der Waals surface area contributed by atoms with E-state index in [4.69, 9.17) is 4.74 Å². The molecule has 6 heteroatoms. The molecular weight excluding hydrogens is 383 g/mol. The van der Waals surface area contributed by atoms with Crippen LogP contribution >= 0.6 is 0 Å². The second-order valence-corrected chi connectivity index (χ2v) is 8.56. The van der Waals surface area contributed by atoms with Crippen molar-refractivity contribution in [2.45, 2.75) is 31.3 Å². The van der Waals surface area contributed by atoms with E-state index in [0.29, 0.717) is 19.8 Å². The molecule has 2 saturated heterocycles. The summed E-state index contributed by atoms with van der Waals surface area (Å²) in [7, 11) is 0. The molecule has 3 aliphatic heterocycles. The van der Waals surface area contributed by atoms with Crippen LogP contribution in [0.3, 0.4) is 0 Å². The van der Waals surface area contributed by atoms with E-state index in [1.165, 1.54) is 12.1 Å². The van der Waals surface area contributed by atoms with Gasteiger partial charge in [0, 0.05) is 37.3 Å². The highest BCUT2D eigenvalue weighted by molar-refractivity contribution is 5.81. The first-order chi connectivity index (χ1) is 14.7. The van der Waals surface area contributed by atoms with Crippen LogP contribution in [-0.4, -0.2) is 48.3 Å². The Kier molecular flexibility index (Phi) is 5.21. The summed E-state index contributed by atoms with van der Waals surface area (Å²) in [5.74, 6) is 0.106. The molecule has 5 rings (SSSR count). The summed E-state index contributed by atoms with van der Waals surface area (Å²) in [6.07, 6.45) is 2.40. The Morgan fingerprint density at radius 3 is 2.70 bits per heavy atom. The number of rotatable bonds is 3. The lowest BCUT2D eigenvalue weighted by Crippen LogP contribution is -2.44. The number of likely N-dealkylation sites (tertiary alicyclic amines) is 1. The van der Waals surface area contributed by atoms with Crippen LogP contribution in [0, 0.1) is 17.7 Å². The monoisotopic (exact) mass is 410 g/mol. The van der Waals surface area contributed by atoms with E-state index < -0.39 is 0 Å². The molecule has 3 atom stereocenters. The molecule has 2 fully saturated rings. The van der Waals surface area contributed by atoms with Gasteiger partial charge in [-0.2, -0.15) is 0 Å². The van der Waals surface area contributed by atoms with Crippen LogP contribution in [0.5, 0.6) is 0 Å². The van der Waals surface area contributed by atoms with Gasteiger partial charge >= 0.3 is 0 Å². The largest absolute Gasteiger partial charge is 0.394 e. The summed E-state index contributed by atoms with van der Waals surface area (Å²) >= 11 is 0. The highest BCUT2D eigenvalue weighted by atomic mass is 19.1. The fourth-order valence-electron chi connectivity index (χ4n) is 5.34. The van der Waals surface area contributed by atoms with E-state index >= 15 is 0 Å². The Labute approximate surface area is 175 Å². The Bertz CT molecular complexity index is 944. The molecule has 0 spiro atoms. The Morgan fingerprint density at radius 1 is 1.13 bits per heavy atom. The van der Waals surface area contributed by atoms with Crippen LogP contribution in [-0.2, 0) is 9.53 Å². The lowest BCUT2D eigenvalue weighted by Gasteiger charge is -2.40. The van der Waals surface area contributed by atoms with Gasteiger partial charge in [-0.05, 0) is 60.2 Å². The number of fused-ring (bicyclic) bond motifs is 3. The van der Waals surface area contributed by atoms with Gasteiger partial charge in [-0.1, -0.05) is 18.2 Å². The summed E-state index contributed by atoms with van der Waals surface area (Å²) in [6, 6.07) is 12.5. The molecule has 0 bridgehead atoms. The van der Waals surface area contributed by atoms with E-state index in [1.807, 2.05) is 23.1 Å². The molecule has 2 aromatic rings. The predicted molar refractivity (Wildman–Crippen MR) is 112 cm³/mol. The van der Waals surface area contributed by atoms with Crippen molar-refractivity contribution < 1.29 is 19.0 Å². The summed E-state index contributed by atoms with van der Waals surface area (Å²) in [4.78, 5) is 15.4. The van der Waals surface area contributed by atoms with Crippen molar-refractivity contribution in [3.8, 4) is 11.1 Å². The van der Waals surface area contributed by atoms with Crippen molar-refractivity contribution >= 4 is 11.6 Å². The van der Waals surface area contributed by atoms with Crippen LogP contribution in [0.25, 0.3) is 11.1 Å². The van der Waals surface area contributed by atoms with Crippen molar-refractivity contribution in [3.63, 3.8) is 0 Å². The third-order valence-corrected chi connectivity index (χ3v) is 6.88. The lowest BCUT2D eigenvalue weighted by atomic mass is 9.82. The molecule has 3 heterocycles. The van der Waals surface area contributed by atoms with Gasteiger partial charge in [0.05, 0.1) is 18.7 Å². The van der Waals surface area contributed by atoms with E-state index in [-0.39, 0.29) is 42.3 Å². The highest BCUT2D eigenvalue weighted by Crippen LogP contribution is 2.48. The first kappa shape index (κ1) is 19.5. The maximum Gasteiger partial charge on any atom is 0.226 e. The summed E-state index contributed by atoms with van der Waals surface area (Å²) < 4.78 is 19.2. The first-order valence-corrected chi connectivity index (χ1v) is 10.8. The van der Waals surface area contributed by atoms with Crippen molar-refractivity contribution in [1.82, 2.24) is 4.90 Å². The fourth-order valence-corrected chi connectivity index (χ4v) is 5.34. The van der Waals surface area contributed by atoms with E-state index in [1.54, 1.807) is 6.07 Å². The molecule has 2 aromatic carbocycles. The average Bonchev–Trinajstić information content (AvgIpc) is 3.24. The number of aliphatic hydroxyl groups is 1. The van der Waals surface area contributed by atoms with Gasteiger partial charge in [-0.15, -0.1) is 0 Å². The minimum atomic E-state index is -0.265. The average molecular weight is 410 g/mol. The quantitative estimate of drug-likeness (QED) is 0.812. The zero-order valence-electron chi connectivity index (χ0n) is 16.9. The highest BCUT2D eigenvalue weighted by Gasteiger charge is 2.46. The number of carbonyl (C=O) groups excluding carboxylic acids is 1. The van der Waals surface area contributed by atoms with Crippen LogP contribution in [0.4, 0.5) is 10.1 Å². The molecule has 30 heavy (non-hydrogen) atoms. The zero-order valence-corrected chi connectivity index (χ0v) is 16.9. The van der Waals surface area contributed by atoms with Gasteiger partial charge in [-0.3, -0.25) is 4.79 Å². The standard InChI is InChI=1S/C24H27FN2O3/c25-18-3-1-2-16(12-18)17-4-5-21-20(13-17)23-19(22(14-28)26-21)6-9-27(23)24(29)15-7-10-30-11-8-15/h1-5,12-13,15,19,22-23,26,28H,6-11,14H2/t19-,22-,23+/m1/s1. The second kappa shape index (κ2) is 8.00. The van der Waals surface area contributed by atoms with Gasteiger partial charge in [0.1, 0.15) is 5.82 Å². The topological polar surface area (TPSA) is 61.8 Å². The number of anilines is 1. The van der Waals surface area contributed by atoms with Gasteiger partial charge in [-0.25, -0.2) is 4.39 Å². The number of amides is 1. The maximum atomic E-state index is 13.8. The minimum Gasteiger partial charge on any atom is -0.394 e. The van der Waals surface area contributed by atoms with Crippen LogP contribution in [0.2, 0.25) is 0 Å². The van der Waals surface area contributed by atoms with Crippen molar-refractivity contribution in [1.29, 1.82) is 0 Å². The SMILES string of the molecule is O=C(C1CCOCC1)N1CC[C@H]2[C@H]1c1cc(-c3cccc(F)c3)ccc1N[C@@H]2CO. The summed E-state index contributed by atoms with van der Waals surface area (Å²) in [5, 5.41) is 13.4. The van der Waals surface area contributed by atoms with Crippen LogP contribution in [0.15, 0.2) is 42.5 Å². The molecule has 3 aliphatic rings. The molecule has 0 aromatic heterocycles.